The minimum Gasteiger partial charge on any atom is -0.491 e. The summed E-state index contributed by atoms with van der Waals surface area (Å²) in [7, 11) is -2.73. The Hall–Kier alpha value is -2.48. The highest BCUT2D eigenvalue weighted by Crippen LogP contribution is 2.39. The van der Waals surface area contributed by atoms with Crippen LogP contribution in [0.15, 0.2) is 45.8 Å². The number of nitrogens with zero attached hydrogens (tertiary/aromatic N) is 1. The number of methoxy groups -OCH3 is 1. The average Bonchev–Trinajstić information content (AvgIpc) is 2.72. The predicted octanol–water partition coefficient (Wildman–Crippen LogP) is 5.76. The highest BCUT2D eigenvalue weighted by atomic mass is 35.5. The molecule has 0 aliphatic heterocycles. The maximum Gasteiger partial charge on any atom is 0.421 e. The lowest BCUT2D eigenvalue weighted by Gasteiger charge is -2.19. The molecule has 36 heavy (non-hydrogen) atoms. The molecule has 0 spiro atoms. The molecular weight excluding hydrogens is 545 g/mol. The van der Waals surface area contributed by atoms with E-state index in [1.165, 1.54) is 19.3 Å². The Kier molecular flexibility index (Phi) is 10.1. The summed E-state index contributed by atoms with van der Waals surface area (Å²) >= 11 is 6.94. The standard InChI is InChI=1S/C22H24ClF3N2O6S2/c1-21(2,3)34-20(29)28-36(30,31)10-7-14-5-6-16(33-9-8-32-4)12-18(14)35-19-17(23)11-15(13-27-19)22(24,25)26/h5-7,10-13H,8-9H2,1-4H3,(H,28,29)/b10-7+. The van der Waals surface area contributed by atoms with Crippen LogP contribution >= 0.6 is 23.4 Å². The summed E-state index contributed by atoms with van der Waals surface area (Å²) in [5, 5.41) is 0.571. The molecule has 0 aliphatic rings. The number of hydrogen-bond acceptors (Lipinski definition) is 8. The zero-order valence-corrected chi connectivity index (χ0v) is 22.1. The van der Waals surface area contributed by atoms with Crippen molar-refractivity contribution in [2.45, 2.75) is 42.5 Å². The zero-order valence-electron chi connectivity index (χ0n) is 19.7. The van der Waals surface area contributed by atoms with Crippen molar-refractivity contribution in [2.75, 3.05) is 20.3 Å². The number of sulfonamides is 1. The Labute approximate surface area is 216 Å². The van der Waals surface area contributed by atoms with Crippen LogP contribution < -0.4 is 9.46 Å². The third-order valence-corrected chi connectivity index (χ3v) is 6.37. The molecule has 0 bridgehead atoms. The van der Waals surface area contributed by atoms with Gasteiger partial charge in [-0.3, -0.25) is 0 Å². The molecule has 0 unspecified atom stereocenters. The molecule has 0 radical (unpaired) electrons. The lowest BCUT2D eigenvalue weighted by molar-refractivity contribution is -0.137. The molecular formula is C22H24ClF3N2O6S2. The van der Waals surface area contributed by atoms with Gasteiger partial charge < -0.3 is 14.2 Å². The number of pyridine rings is 1. The number of hydrogen-bond donors (Lipinski definition) is 1. The van der Waals surface area contributed by atoms with Crippen molar-refractivity contribution in [1.29, 1.82) is 0 Å². The smallest absolute Gasteiger partial charge is 0.421 e. The van der Waals surface area contributed by atoms with Crippen molar-refractivity contribution < 1.29 is 40.6 Å². The molecule has 1 heterocycles. The summed E-state index contributed by atoms with van der Waals surface area (Å²) < 4.78 is 80.7. The molecule has 2 aromatic rings. The summed E-state index contributed by atoms with van der Waals surface area (Å²) in [6.45, 7) is 5.27. The SMILES string of the molecule is COCCOc1ccc(/C=C/S(=O)(=O)NC(=O)OC(C)(C)C)c(Sc2ncc(C(F)(F)F)cc2Cl)c1. The van der Waals surface area contributed by atoms with E-state index in [9.17, 15) is 26.4 Å². The topological polar surface area (TPSA) is 104 Å². The van der Waals surface area contributed by atoms with Crippen LogP contribution in [-0.2, 0) is 25.7 Å². The van der Waals surface area contributed by atoms with Crippen molar-refractivity contribution >= 4 is 45.6 Å². The fraction of sp³-hybridized carbons (Fsp3) is 0.364. The number of ether oxygens (including phenoxy) is 3. The number of carbonyl (C=O) groups is 1. The van der Waals surface area contributed by atoms with Crippen molar-refractivity contribution in [3.05, 3.63) is 52.0 Å². The quantitative estimate of drug-likeness (QED) is 0.381. The van der Waals surface area contributed by atoms with Crippen molar-refractivity contribution in [3.63, 3.8) is 0 Å². The maximum atomic E-state index is 12.9. The van der Waals surface area contributed by atoms with E-state index in [-0.39, 0.29) is 16.7 Å². The number of amides is 1. The van der Waals surface area contributed by atoms with Gasteiger partial charge in [-0.25, -0.2) is 22.9 Å². The van der Waals surface area contributed by atoms with Gasteiger partial charge in [0.1, 0.15) is 23.0 Å². The first kappa shape index (κ1) is 29.7. The monoisotopic (exact) mass is 568 g/mol. The molecule has 0 atom stereocenters. The number of alkyl halides is 3. The molecule has 0 fully saturated rings. The van der Waals surface area contributed by atoms with E-state index < -0.39 is 33.5 Å². The Morgan fingerprint density at radius 2 is 1.89 bits per heavy atom. The van der Waals surface area contributed by atoms with Crippen LogP contribution in [0.2, 0.25) is 5.02 Å². The Balaban J connectivity index is 2.36. The van der Waals surface area contributed by atoms with Gasteiger partial charge in [-0.15, -0.1) is 0 Å². The molecule has 8 nitrogen and oxygen atoms in total. The van der Waals surface area contributed by atoms with Crippen molar-refractivity contribution in [2.24, 2.45) is 0 Å². The zero-order chi connectivity index (χ0) is 27.1. The van der Waals surface area contributed by atoms with E-state index in [0.29, 0.717) is 29.0 Å². The largest absolute Gasteiger partial charge is 0.491 e. The van der Waals surface area contributed by atoms with Crippen molar-refractivity contribution in [3.8, 4) is 5.75 Å². The molecule has 0 aliphatic carbocycles. The van der Waals surface area contributed by atoms with Gasteiger partial charge >= 0.3 is 12.3 Å². The number of benzene rings is 1. The van der Waals surface area contributed by atoms with Gasteiger partial charge in [0.2, 0.25) is 0 Å². The van der Waals surface area contributed by atoms with Gasteiger partial charge in [0, 0.05) is 18.2 Å². The molecule has 1 amide bonds. The lowest BCUT2D eigenvalue weighted by atomic mass is 10.2. The van der Waals surface area contributed by atoms with Gasteiger partial charge in [-0.05, 0) is 50.6 Å². The van der Waals surface area contributed by atoms with E-state index in [1.54, 1.807) is 37.6 Å². The van der Waals surface area contributed by atoms with Crippen LogP contribution in [0.1, 0.15) is 31.9 Å². The number of halogens is 4. The van der Waals surface area contributed by atoms with Crippen molar-refractivity contribution in [1.82, 2.24) is 9.71 Å². The Morgan fingerprint density at radius 1 is 1.19 bits per heavy atom. The molecule has 1 N–H and O–H groups in total. The first-order valence-corrected chi connectivity index (χ1v) is 12.9. The van der Waals surface area contributed by atoms with Crippen LogP contribution in [0, 0.1) is 0 Å². The average molecular weight is 569 g/mol. The summed E-state index contributed by atoms with van der Waals surface area (Å²) in [5.74, 6) is 0.393. The first-order chi connectivity index (χ1) is 16.6. The van der Waals surface area contributed by atoms with E-state index in [0.717, 1.165) is 23.2 Å². The lowest BCUT2D eigenvalue weighted by Crippen LogP contribution is -2.35. The summed E-state index contributed by atoms with van der Waals surface area (Å²) in [5.41, 5.74) is -1.57. The molecule has 198 valence electrons. The van der Waals surface area contributed by atoms with Gasteiger partial charge in [0.25, 0.3) is 10.0 Å². The van der Waals surface area contributed by atoms with Crippen LogP contribution in [0.4, 0.5) is 18.0 Å². The second-order valence-corrected chi connectivity index (χ2v) is 11.1. The van der Waals surface area contributed by atoms with E-state index in [1.807, 2.05) is 0 Å². The number of carbonyl (C=O) groups excluding carboxylic acids is 1. The minimum absolute atomic E-state index is 0.0584. The number of aromatic nitrogens is 1. The maximum absolute atomic E-state index is 12.9. The van der Waals surface area contributed by atoms with E-state index in [2.05, 4.69) is 4.98 Å². The Bertz CT molecular complexity index is 1220. The summed E-state index contributed by atoms with van der Waals surface area (Å²) in [6, 6.07) is 5.39. The van der Waals surface area contributed by atoms with E-state index in [4.69, 9.17) is 25.8 Å². The predicted molar refractivity (Wildman–Crippen MR) is 130 cm³/mol. The highest BCUT2D eigenvalue weighted by molar-refractivity contribution is 7.99. The highest BCUT2D eigenvalue weighted by Gasteiger charge is 2.31. The van der Waals surface area contributed by atoms with Gasteiger partial charge in [-0.2, -0.15) is 13.2 Å². The second kappa shape index (κ2) is 12.2. The van der Waals surface area contributed by atoms with E-state index >= 15 is 0 Å². The fourth-order valence-electron chi connectivity index (χ4n) is 2.45. The van der Waals surface area contributed by atoms with Crippen LogP contribution in [0.3, 0.4) is 0 Å². The van der Waals surface area contributed by atoms with Crippen LogP contribution in [0.5, 0.6) is 5.75 Å². The third-order valence-electron chi connectivity index (χ3n) is 3.93. The van der Waals surface area contributed by atoms with Gasteiger partial charge in [-0.1, -0.05) is 29.4 Å². The molecule has 14 heteroatoms. The number of rotatable bonds is 9. The Morgan fingerprint density at radius 3 is 2.47 bits per heavy atom. The van der Waals surface area contributed by atoms with Gasteiger partial charge in [0.15, 0.2) is 0 Å². The van der Waals surface area contributed by atoms with Gasteiger partial charge in [0.05, 0.1) is 22.6 Å². The summed E-state index contributed by atoms with van der Waals surface area (Å²) in [4.78, 5) is 16.0. The molecule has 0 saturated carbocycles. The first-order valence-electron chi connectivity index (χ1n) is 10.2. The fourth-order valence-corrected chi connectivity index (χ4v) is 4.29. The summed E-state index contributed by atoms with van der Waals surface area (Å²) in [6.07, 6.45) is -3.91. The minimum atomic E-state index is -4.61. The molecule has 1 aromatic carbocycles. The third kappa shape index (κ3) is 9.88. The van der Waals surface area contributed by atoms with Crippen LogP contribution in [-0.4, -0.2) is 45.4 Å². The van der Waals surface area contributed by atoms with Crippen LogP contribution in [0.25, 0.3) is 6.08 Å². The molecule has 2 rings (SSSR count). The molecule has 1 aromatic heterocycles. The molecule has 0 saturated heterocycles. The number of nitrogens with one attached hydrogen (secondary N) is 1. The normalized spacial score (nSPS) is 12.6. The second-order valence-electron chi connectivity index (χ2n) is 8.10.